The Kier molecular flexibility index (Phi) is 7.33. The Morgan fingerprint density at radius 2 is 1.36 bits per heavy atom. The molecule has 33 heavy (non-hydrogen) atoms. The van der Waals surface area contributed by atoms with Gasteiger partial charge in [-0.1, -0.05) is 42.0 Å². The van der Waals surface area contributed by atoms with Crippen molar-refractivity contribution in [3.8, 4) is 0 Å². The zero-order valence-corrected chi connectivity index (χ0v) is 20.1. The normalized spacial score (nSPS) is 11.2. The molecule has 0 bridgehead atoms. The summed E-state index contributed by atoms with van der Waals surface area (Å²) in [5.74, 6) is -1.98. The van der Waals surface area contributed by atoms with Gasteiger partial charge in [-0.15, -0.1) is 0 Å². The van der Waals surface area contributed by atoms with Crippen molar-refractivity contribution < 1.29 is 18.0 Å². The first-order chi connectivity index (χ1) is 15.6. The van der Waals surface area contributed by atoms with Crippen molar-refractivity contribution in [2.45, 2.75) is 25.7 Å². The van der Waals surface area contributed by atoms with Crippen molar-refractivity contribution in [3.63, 3.8) is 0 Å². The number of nitrogens with zero attached hydrogens (tertiary/aromatic N) is 2. The number of carbonyl (C=O) groups excluding carboxylic acids is 2. The number of imide groups is 1. The highest BCUT2D eigenvalue weighted by molar-refractivity contribution is 7.91. The summed E-state index contributed by atoms with van der Waals surface area (Å²) in [6.45, 7) is 5.63. The van der Waals surface area contributed by atoms with E-state index in [9.17, 15) is 18.0 Å². The van der Waals surface area contributed by atoms with Crippen LogP contribution in [0.3, 0.4) is 0 Å². The van der Waals surface area contributed by atoms with Crippen LogP contribution >= 0.6 is 0 Å². The summed E-state index contributed by atoms with van der Waals surface area (Å²) in [5, 5.41) is 0. The molecule has 0 radical (unpaired) electrons. The molecule has 0 heterocycles. The number of aryl methyl sites for hydroxylation is 3. The molecule has 0 aliphatic heterocycles. The maximum atomic E-state index is 13.3. The standard InChI is InChI=1S/C26H28N2O4S/c1-19-10-12-24(13-11-19)33(31,32)18-28(26(30)22-8-6-5-7-9-22)25(29)17-27(4)23-15-20(2)14-21(3)16-23/h5-16H,17-18H2,1-4H3. The highest BCUT2D eigenvalue weighted by Gasteiger charge is 2.30. The lowest BCUT2D eigenvalue weighted by atomic mass is 10.1. The van der Waals surface area contributed by atoms with Crippen molar-refractivity contribution in [2.24, 2.45) is 0 Å². The molecule has 0 aromatic heterocycles. The Bertz CT molecular complexity index is 1230. The zero-order chi connectivity index (χ0) is 24.2. The van der Waals surface area contributed by atoms with E-state index in [-0.39, 0.29) is 17.0 Å². The van der Waals surface area contributed by atoms with Crippen LogP contribution in [0.4, 0.5) is 5.69 Å². The zero-order valence-electron chi connectivity index (χ0n) is 19.3. The van der Waals surface area contributed by atoms with Gasteiger partial charge >= 0.3 is 0 Å². The van der Waals surface area contributed by atoms with E-state index in [1.165, 1.54) is 12.1 Å². The van der Waals surface area contributed by atoms with Gasteiger partial charge in [0.05, 0.1) is 11.4 Å². The lowest BCUT2D eigenvalue weighted by Gasteiger charge is -2.25. The highest BCUT2D eigenvalue weighted by atomic mass is 32.2. The number of amides is 2. The molecule has 0 saturated heterocycles. The lowest BCUT2D eigenvalue weighted by molar-refractivity contribution is -0.126. The Balaban J connectivity index is 1.91. The molecule has 0 spiro atoms. The molecule has 0 N–H and O–H groups in total. The molecule has 2 amide bonds. The second-order valence-electron chi connectivity index (χ2n) is 8.25. The van der Waals surface area contributed by atoms with Crippen molar-refractivity contribution in [1.82, 2.24) is 4.90 Å². The summed E-state index contributed by atoms with van der Waals surface area (Å²) in [6.07, 6.45) is 0. The quantitative estimate of drug-likeness (QED) is 0.525. The minimum absolute atomic E-state index is 0.0643. The summed E-state index contributed by atoms with van der Waals surface area (Å²) < 4.78 is 26.2. The van der Waals surface area contributed by atoms with E-state index in [0.29, 0.717) is 0 Å². The average Bonchev–Trinajstić information content (AvgIpc) is 2.77. The van der Waals surface area contributed by atoms with Crippen LogP contribution in [0.1, 0.15) is 27.0 Å². The van der Waals surface area contributed by atoms with Crippen LogP contribution in [-0.2, 0) is 14.6 Å². The first-order valence-corrected chi connectivity index (χ1v) is 12.2. The van der Waals surface area contributed by atoms with E-state index in [4.69, 9.17) is 0 Å². The van der Waals surface area contributed by atoms with Crippen LogP contribution in [0.15, 0.2) is 77.7 Å². The summed E-state index contributed by atoms with van der Waals surface area (Å²) >= 11 is 0. The Morgan fingerprint density at radius 3 is 1.94 bits per heavy atom. The van der Waals surface area contributed by atoms with Crippen molar-refractivity contribution in [3.05, 3.63) is 95.1 Å². The molecular weight excluding hydrogens is 436 g/mol. The second kappa shape index (κ2) is 10.0. The fraction of sp³-hybridized carbons (Fsp3) is 0.231. The summed E-state index contributed by atoms with van der Waals surface area (Å²) in [4.78, 5) is 29.1. The Labute approximate surface area is 195 Å². The molecule has 0 saturated carbocycles. The number of rotatable bonds is 7. The van der Waals surface area contributed by atoms with Gasteiger partial charge in [0, 0.05) is 18.3 Å². The van der Waals surface area contributed by atoms with Crippen LogP contribution in [0.5, 0.6) is 0 Å². The largest absolute Gasteiger partial charge is 0.365 e. The Hall–Kier alpha value is -3.45. The second-order valence-corrected chi connectivity index (χ2v) is 10.2. The summed E-state index contributed by atoms with van der Waals surface area (Å²) in [5.41, 5.74) is 4.07. The number of anilines is 1. The third-order valence-corrected chi connectivity index (χ3v) is 6.85. The topological polar surface area (TPSA) is 74.8 Å². The number of hydrogen-bond donors (Lipinski definition) is 0. The predicted octanol–water partition coefficient (Wildman–Crippen LogP) is 4.15. The van der Waals surface area contributed by atoms with Crippen molar-refractivity contribution in [2.75, 3.05) is 24.4 Å². The molecule has 3 aromatic rings. The number of likely N-dealkylation sites (N-methyl/N-ethyl adjacent to an activating group) is 1. The molecular formula is C26H28N2O4S. The monoisotopic (exact) mass is 464 g/mol. The molecule has 0 aliphatic carbocycles. The van der Waals surface area contributed by atoms with Crippen LogP contribution in [0.2, 0.25) is 0 Å². The molecule has 3 rings (SSSR count). The van der Waals surface area contributed by atoms with E-state index in [1.807, 2.05) is 39.0 Å². The first-order valence-electron chi connectivity index (χ1n) is 10.6. The van der Waals surface area contributed by atoms with Gasteiger partial charge < -0.3 is 4.90 Å². The minimum atomic E-state index is -3.92. The fourth-order valence-corrected chi connectivity index (χ4v) is 4.82. The fourth-order valence-electron chi connectivity index (χ4n) is 3.52. The number of benzene rings is 3. The molecule has 6 nitrogen and oxygen atoms in total. The molecule has 172 valence electrons. The van der Waals surface area contributed by atoms with Gasteiger partial charge in [-0.3, -0.25) is 14.5 Å². The SMILES string of the molecule is Cc1ccc(S(=O)(=O)CN(C(=O)CN(C)c2cc(C)cc(C)c2)C(=O)c2ccccc2)cc1. The van der Waals surface area contributed by atoms with Gasteiger partial charge in [0.2, 0.25) is 5.91 Å². The van der Waals surface area contributed by atoms with Crippen LogP contribution < -0.4 is 4.90 Å². The van der Waals surface area contributed by atoms with E-state index >= 15 is 0 Å². The van der Waals surface area contributed by atoms with Gasteiger partial charge in [-0.25, -0.2) is 8.42 Å². The maximum Gasteiger partial charge on any atom is 0.261 e. The van der Waals surface area contributed by atoms with E-state index in [0.717, 1.165) is 27.3 Å². The van der Waals surface area contributed by atoms with Crippen LogP contribution in [-0.4, -0.2) is 44.6 Å². The van der Waals surface area contributed by atoms with E-state index < -0.39 is 27.5 Å². The molecule has 0 fully saturated rings. The number of carbonyl (C=O) groups is 2. The van der Waals surface area contributed by atoms with E-state index in [2.05, 4.69) is 0 Å². The van der Waals surface area contributed by atoms with Crippen molar-refractivity contribution in [1.29, 1.82) is 0 Å². The smallest absolute Gasteiger partial charge is 0.261 e. The third kappa shape index (κ3) is 6.08. The molecule has 0 atom stereocenters. The summed E-state index contributed by atoms with van der Waals surface area (Å²) in [6, 6.07) is 20.5. The average molecular weight is 465 g/mol. The van der Waals surface area contributed by atoms with Gasteiger partial charge in [-0.2, -0.15) is 0 Å². The molecule has 3 aromatic carbocycles. The van der Waals surface area contributed by atoms with Crippen LogP contribution in [0.25, 0.3) is 0 Å². The van der Waals surface area contributed by atoms with Gasteiger partial charge in [-0.05, 0) is 68.3 Å². The Morgan fingerprint density at radius 1 is 0.788 bits per heavy atom. The number of sulfone groups is 1. The molecule has 0 aliphatic rings. The van der Waals surface area contributed by atoms with Crippen LogP contribution in [0, 0.1) is 20.8 Å². The molecule has 0 unspecified atom stereocenters. The third-order valence-electron chi connectivity index (χ3n) is 5.27. The van der Waals surface area contributed by atoms with E-state index in [1.54, 1.807) is 54.4 Å². The predicted molar refractivity (Wildman–Crippen MR) is 130 cm³/mol. The van der Waals surface area contributed by atoms with Crippen molar-refractivity contribution >= 4 is 27.3 Å². The van der Waals surface area contributed by atoms with Gasteiger partial charge in [0.1, 0.15) is 5.88 Å². The summed E-state index contributed by atoms with van der Waals surface area (Å²) in [7, 11) is -2.18. The van der Waals surface area contributed by atoms with Gasteiger partial charge in [0.25, 0.3) is 5.91 Å². The lowest BCUT2D eigenvalue weighted by Crippen LogP contribution is -2.45. The highest BCUT2D eigenvalue weighted by Crippen LogP contribution is 2.19. The number of hydrogen-bond acceptors (Lipinski definition) is 5. The van der Waals surface area contributed by atoms with Gasteiger partial charge in [0.15, 0.2) is 9.84 Å². The minimum Gasteiger partial charge on any atom is -0.365 e. The molecule has 7 heteroatoms. The maximum absolute atomic E-state index is 13.3. The first kappa shape index (κ1) is 24.2.